The van der Waals surface area contributed by atoms with Gasteiger partial charge in [-0.1, -0.05) is 93.8 Å². The lowest BCUT2D eigenvalue weighted by Crippen LogP contribution is -2.09. The second-order valence-corrected chi connectivity index (χ2v) is 8.76. The van der Waals surface area contributed by atoms with Crippen LogP contribution < -0.4 is 0 Å². The van der Waals surface area contributed by atoms with Crippen molar-refractivity contribution >= 4 is 23.2 Å². The highest BCUT2D eigenvalue weighted by Crippen LogP contribution is 2.44. The van der Waals surface area contributed by atoms with Crippen LogP contribution in [0.5, 0.6) is 0 Å². The molecule has 0 unspecified atom stereocenters. The van der Waals surface area contributed by atoms with Gasteiger partial charge in [-0.3, -0.25) is 0 Å². The first kappa shape index (κ1) is 23.9. The number of benzene rings is 3. The molecule has 0 bridgehead atoms. The molecule has 0 amide bonds. The van der Waals surface area contributed by atoms with E-state index in [4.69, 9.17) is 23.2 Å². The van der Waals surface area contributed by atoms with Crippen molar-refractivity contribution in [3.05, 3.63) is 82.9 Å². The van der Waals surface area contributed by atoms with Crippen LogP contribution in [0.4, 0.5) is 0 Å². The first-order valence-corrected chi connectivity index (χ1v) is 12.8. The van der Waals surface area contributed by atoms with Gasteiger partial charge in [-0.05, 0) is 70.2 Å². The van der Waals surface area contributed by atoms with E-state index in [9.17, 15) is 0 Å². The summed E-state index contributed by atoms with van der Waals surface area (Å²) in [6.45, 7) is 4.52. The van der Waals surface area contributed by atoms with E-state index < -0.39 is 0 Å². The molecule has 0 atom stereocenters. The molecule has 0 aliphatic rings. The normalized spacial score (nSPS) is 11.1. The molecule has 0 nitrogen and oxygen atoms in total. The fraction of sp³-hybridized carbons (Fsp3) is 0.379. The molecule has 0 saturated heterocycles. The molecule has 0 aliphatic heterocycles. The molecule has 2 heteroatoms. The Morgan fingerprint density at radius 2 is 0.935 bits per heavy atom. The summed E-state index contributed by atoms with van der Waals surface area (Å²) in [4.78, 5) is 0. The zero-order valence-electron chi connectivity index (χ0n) is 18.9. The van der Waals surface area contributed by atoms with Crippen LogP contribution in [-0.2, 0) is 24.6 Å². The Bertz CT molecular complexity index is 946. The molecular formula is C29H34Cl2. The topological polar surface area (TPSA) is 0 Å². The van der Waals surface area contributed by atoms with Gasteiger partial charge in [0, 0.05) is 11.8 Å². The average Bonchev–Trinajstić information content (AvgIpc) is 2.83. The zero-order valence-corrected chi connectivity index (χ0v) is 20.4. The molecule has 0 spiro atoms. The highest BCUT2D eigenvalue weighted by molar-refractivity contribution is 6.19. The first-order chi connectivity index (χ1) is 15.3. The van der Waals surface area contributed by atoms with Crippen molar-refractivity contribution in [2.24, 2.45) is 0 Å². The van der Waals surface area contributed by atoms with Gasteiger partial charge >= 0.3 is 0 Å². The Kier molecular flexibility index (Phi) is 9.50. The molecule has 0 N–H and O–H groups in total. The molecule has 164 valence electrons. The standard InChI is InChI=1S/C29H34Cl2/c1-3-5-9-19-25-24(18-6-4-2)26(20-30)28(22-14-10-7-11-15-22)29(27(25)21-31)23-16-12-8-13-17-23/h7-8,10-17H,3-6,9,18-21H2,1-2H3. The summed E-state index contributed by atoms with van der Waals surface area (Å²) in [5, 5.41) is 0. The van der Waals surface area contributed by atoms with Gasteiger partial charge in [-0.25, -0.2) is 0 Å². The summed E-state index contributed by atoms with van der Waals surface area (Å²) >= 11 is 13.4. The van der Waals surface area contributed by atoms with Crippen molar-refractivity contribution in [1.29, 1.82) is 0 Å². The molecule has 3 aromatic carbocycles. The molecule has 0 aliphatic carbocycles. The number of hydrogen-bond acceptors (Lipinski definition) is 0. The van der Waals surface area contributed by atoms with Crippen LogP contribution in [0.15, 0.2) is 60.7 Å². The second kappa shape index (κ2) is 12.3. The van der Waals surface area contributed by atoms with Gasteiger partial charge in [-0.2, -0.15) is 0 Å². The van der Waals surface area contributed by atoms with Crippen molar-refractivity contribution in [2.75, 3.05) is 0 Å². The van der Waals surface area contributed by atoms with Crippen LogP contribution in [0.3, 0.4) is 0 Å². The molecule has 31 heavy (non-hydrogen) atoms. The van der Waals surface area contributed by atoms with Crippen LogP contribution in [0.2, 0.25) is 0 Å². The summed E-state index contributed by atoms with van der Waals surface area (Å²) in [5.74, 6) is 1.04. The van der Waals surface area contributed by atoms with E-state index in [-0.39, 0.29) is 0 Å². The van der Waals surface area contributed by atoms with Crippen molar-refractivity contribution in [3.63, 3.8) is 0 Å². The van der Waals surface area contributed by atoms with Gasteiger partial charge in [-0.15, -0.1) is 23.2 Å². The summed E-state index contributed by atoms with van der Waals surface area (Å²) < 4.78 is 0. The lowest BCUT2D eigenvalue weighted by molar-refractivity contribution is 0.703. The summed E-state index contributed by atoms with van der Waals surface area (Å²) in [6, 6.07) is 21.4. The van der Waals surface area contributed by atoms with Gasteiger partial charge in [0.2, 0.25) is 0 Å². The van der Waals surface area contributed by atoms with Crippen molar-refractivity contribution in [1.82, 2.24) is 0 Å². The number of halogens is 2. The fourth-order valence-electron chi connectivity index (χ4n) is 4.62. The van der Waals surface area contributed by atoms with Crippen molar-refractivity contribution < 1.29 is 0 Å². The third-order valence-corrected chi connectivity index (χ3v) is 6.68. The third-order valence-electron chi connectivity index (χ3n) is 6.15. The number of rotatable bonds is 11. The minimum absolute atomic E-state index is 0.520. The van der Waals surface area contributed by atoms with Gasteiger partial charge in [0.25, 0.3) is 0 Å². The molecular weight excluding hydrogens is 419 g/mol. The second-order valence-electron chi connectivity index (χ2n) is 8.22. The molecule has 0 heterocycles. The van der Waals surface area contributed by atoms with E-state index in [2.05, 4.69) is 74.5 Å². The van der Waals surface area contributed by atoms with E-state index in [0.29, 0.717) is 11.8 Å². The van der Waals surface area contributed by atoms with Gasteiger partial charge in [0.1, 0.15) is 0 Å². The summed E-state index contributed by atoms with van der Waals surface area (Å²) in [6.07, 6.45) is 8.15. The van der Waals surface area contributed by atoms with Crippen LogP contribution in [0.25, 0.3) is 22.3 Å². The number of hydrogen-bond donors (Lipinski definition) is 0. The van der Waals surface area contributed by atoms with Crippen LogP contribution in [0, 0.1) is 0 Å². The van der Waals surface area contributed by atoms with Gasteiger partial charge in [0.15, 0.2) is 0 Å². The van der Waals surface area contributed by atoms with E-state index >= 15 is 0 Å². The maximum absolute atomic E-state index is 6.73. The maximum Gasteiger partial charge on any atom is 0.0483 e. The minimum Gasteiger partial charge on any atom is -0.122 e. The van der Waals surface area contributed by atoms with Gasteiger partial charge in [0.05, 0.1) is 0 Å². The first-order valence-electron chi connectivity index (χ1n) is 11.7. The lowest BCUT2D eigenvalue weighted by Gasteiger charge is -2.26. The predicted molar refractivity (Wildman–Crippen MR) is 138 cm³/mol. The number of unbranched alkanes of at least 4 members (excludes halogenated alkanes) is 3. The molecule has 0 radical (unpaired) electrons. The Morgan fingerprint density at radius 1 is 0.516 bits per heavy atom. The van der Waals surface area contributed by atoms with Crippen molar-refractivity contribution in [3.8, 4) is 22.3 Å². The molecule has 3 aromatic rings. The Balaban J connectivity index is 2.39. The maximum atomic E-state index is 6.73. The highest BCUT2D eigenvalue weighted by atomic mass is 35.5. The molecule has 0 aromatic heterocycles. The minimum atomic E-state index is 0.520. The Hall–Kier alpha value is -1.76. The van der Waals surface area contributed by atoms with E-state index in [0.717, 1.165) is 12.8 Å². The van der Waals surface area contributed by atoms with Crippen molar-refractivity contribution in [2.45, 2.75) is 70.6 Å². The fourth-order valence-corrected chi connectivity index (χ4v) is 5.21. The zero-order chi connectivity index (χ0) is 22.1. The molecule has 0 fully saturated rings. The monoisotopic (exact) mass is 452 g/mol. The van der Waals surface area contributed by atoms with E-state index in [1.54, 1.807) is 0 Å². The predicted octanol–water partition coefficient (Wildman–Crippen LogP) is 9.57. The van der Waals surface area contributed by atoms with Crippen LogP contribution in [-0.4, -0.2) is 0 Å². The quantitative estimate of drug-likeness (QED) is 0.200. The molecule has 3 rings (SSSR count). The SMILES string of the molecule is CCCCCc1c(CCCC)c(CCl)c(-c2ccccc2)c(-c2ccccc2)c1CCl. The number of alkyl halides is 2. The van der Waals surface area contributed by atoms with E-state index in [1.807, 2.05) is 0 Å². The molecule has 0 saturated carbocycles. The Morgan fingerprint density at radius 3 is 1.32 bits per heavy atom. The van der Waals surface area contributed by atoms with Crippen LogP contribution in [0.1, 0.15) is 68.2 Å². The summed E-state index contributed by atoms with van der Waals surface area (Å²) in [7, 11) is 0. The lowest BCUT2D eigenvalue weighted by atomic mass is 9.79. The average molecular weight is 453 g/mol. The smallest absolute Gasteiger partial charge is 0.0483 e. The van der Waals surface area contributed by atoms with Gasteiger partial charge < -0.3 is 0 Å². The van der Waals surface area contributed by atoms with E-state index in [1.165, 1.54) is 76.6 Å². The third kappa shape index (κ3) is 5.54. The summed E-state index contributed by atoms with van der Waals surface area (Å²) in [5.41, 5.74) is 10.5. The largest absolute Gasteiger partial charge is 0.122 e. The highest BCUT2D eigenvalue weighted by Gasteiger charge is 2.24. The van der Waals surface area contributed by atoms with Crippen LogP contribution >= 0.6 is 23.2 Å². The Labute approximate surface area is 198 Å².